The molecule has 2 radical (unpaired) electrons. The third-order valence-corrected chi connectivity index (χ3v) is 1.64. The average molecular weight is 249 g/mol. The average Bonchev–Trinajstić information content (AvgIpc) is 1.80. The maximum absolute atomic E-state index is 2.30. The van der Waals surface area contributed by atoms with E-state index < -0.39 is 0 Å². The summed E-state index contributed by atoms with van der Waals surface area (Å²) >= 11 is 0. The molecular formula is C9H22Sn. The van der Waals surface area contributed by atoms with E-state index in [0.717, 1.165) is 5.92 Å². The second-order valence-corrected chi connectivity index (χ2v) is 3.24. The molecule has 0 aromatic carbocycles. The van der Waals surface area contributed by atoms with Crippen LogP contribution >= 0.6 is 0 Å². The SMILES string of the molecule is CCCCCCC(C)C.[SnH2]. The molecule has 0 heterocycles. The zero-order chi connectivity index (χ0) is 7.11. The van der Waals surface area contributed by atoms with Crippen molar-refractivity contribution in [3.05, 3.63) is 0 Å². The molecule has 0 saturated heterocycles. The summed E-state index contributed by atoms with van der Waals surface area (Å²) in [6, 6.07) is 0. The van der Waals surface area contributed by atoms with Crippen molar-refractivity contribution in [2.75, 3.05) is 0 Å². The van der Waals surface area contributed by atoms with Crippen molar-refractivity contribution in [1.82, 2.24) is 0 Å². The van der Waals surface area contributed by atoms with Gasteiger partial charge in [-0.05, 0) is 5.92 Å². The van der Waals surface area contributed by atoms with Crippen molar-refractivity contribution in [1.29, 1.82) is 0 Å². The summed E-state index contributed by atoms with van der Waals surface area (Å²) in [4.78, 5) is 0. The molecule has 0 aliphatic rings. The first-order valence-electron chi connectivity index (χ1n) is 4.27. The van der Waals surface area contributed by atoms with E-state index in [4.69, 9.17) is 0 Å². The van der Waals surface area contributed by atoms with E-state index in [9.17, 15) is 0 Å². The standard InChI is InChI=1S/C9H20.Sn.2H/c1-4-5-6-7-8-9(2)3;;;/h9H,4-8H2,1-3H3;;;. The Morgan fingerprint density at radius 3 is 2.00 bits per heavy atom. The van der Waals surface area contributed by atoms with E-state index in [0.29, 0.717) is 0 Å². The van der Waals surface area contributed by atoms with E-state index in [1.165, 1.54) is 32.1 Å². The van der Waals surface area contributed by atoms with Crippen LogP contribution in [0.2, 0.25) is 0 Å². The van der Waals surface area contributed by atoms with E-state index in [-0.39, 0.29) is 23.9 Å². The molecule has 0 fully saturated rings. The van der Waals surface area contributed by atoms with Crippen LogP contribution in [-0.2, 0) is 0 Å². The van der Waals surface area contributed by atoms with Gasteiger partial charge in [-0.3, -0.25) is 0 Å². The van der Waals surface area contributed by atoms with E-state index >= 15 is 0 Å². The first kappa shape index (κ1) is 13.4. The Kier molecular flexibility index (Phi) is 13.1. The molecule has 0 N–H and O–H groups in total. The van der Waals surface area contributed by atoms with Crippen LogP contribution in [0.1, 0.15) is 52.9 Å². The summed E-state index contributed by atoms with van der Waals surface area (Å²) in [5.41, 5.74) is 0. The topological polar surface area (TPSA) is 0 Å². The first-order chi connectivity index (χ1) is 4.27. The summed E-state index contributed by atoms with van der Waals surface area (Å²) in [6.45, 7) is 6.85. The van der Waals surface area contributed by atoms with Gasteiger partial charge in [0.25, 0.3) is 0 Å². The van der Waals surface area contributed by atoms with E-state index in [1.807, 2.05) is 0 Å². The van der Waals surface area contributed by atoms with Gasteiger partial charge in [0, 0.05) is 0 Å². The van der Waals surface area contributed by atoms with Gasteiger partial charge in [-0.15, -0.1) is 0 Å². The van der Waals surface area contributed by atoms with Crippen molar-refractivity contribution < 1.29 is 0 Å². The Hall–Kier alpha value is 0.799. The Balaban J connectivity index is 0. The molecule has 1 heteroatoms. The summed E-state index contributed by atoms with van der Waals surface area (Å²) < 4.78 is 0. The molecule has 0 aromatic rings. The van der Waals surface area contributed by atoms with Gasteiger partial charge in [0.05, 0.1) is 0 Å². The third-order valence-electron chi connectivity index (χ3n) is 1.64. The molecule has 0 aromatic heterocycles. The number of hydrogen-bond acceptors (Lipinski definition) is 0. The van der Waals surface area contributed by atoms with Crippen LogP contribution in [0, 0.1) is 5.92 Å². The fourth-order valence-electron chi connectivity index (χ4n) is 0.979. The van der Waals surface area contributed by atoms with Crippen LogP contribution < -0.4 is 0 Å². The van der Waals surface area contributed by atoms with Crippen molar-refractivity contribution in [2.24, 2.45) is 5.92 Å². The van der Waals surface area contributed by atoms with Gasteiger partial charge in [-0.2, -0.15) is 0 Å². The summed E-state index contributed by atoms with van der Waals surface area (Å²) in [6.07, 6.45) is 7.07. The van der Waals surface area contributed by atoms with Gasteiger partial charge in [-0.1, -0.05) is 52.9 Å². The summed E-state index contributed by atoms with van der Waals surface area (Å²) in [5.74, 6) is 0.904. The normalized spacial score (nSPS) is 9.60. The van der Waals surface area contributed by atoms with Crippen LogP contribution in [0.4, 0.5) is 0 Å². The summed E-state index contributed by atoms with van der Waals surface area (Å²) in [5, 5.41) is 0. The second kappa shape index (κ2) is 9.80. The number of unbranched alkanes of at least 4 members (excludes halogenated alkanes) is 3. The van der Waals surface area contributed by atoms with Crippen LogP contribution in [0.3, 0.4) is 0 Å². The molecule has 0 rings (SSSR count). The molecule has 0 saturated carbocycles. The van der Waals surface area contributed by atoms with Gasteiger partial charge in [0.15, 0.2) is 0 Å². The Labute approximate surface area is 82.7 Å². The fourth-order valence-corrected chi connectivity index (χ4v) is 0.979. The molecule has 0 nitrogen and oxygen atoms in total. The first-order valence-corrected chi connectivity index (χ1v) is 4.27. The molecular weight excluding hydrogens is 227 g/mol. The van der Waals surface area contributed by atoms with Crippen molar-refractivity contribution in [3.63, 3.8) is 0 Å². The minimum absolute atomic E-state index is 0. The second-order valence-electron chi connectivity index (χ2n) is 3.24. The van der Waals surface area contributed by atoms with Gasteiger partial charge in [-0.25, -0.2) is 0 Å². The maximum atomic E-state index is 2.30. The van der Waals surface area contributed by atoms with Crippen LogP contribution in [-0.4, -0.2) is 23.9 Å². The van der Waals surface area contributed by atoms with Crippen molar-refractivity contribution in [2.45, 2.75) is 52.9 Å². The van der Waals surface area contributed by atoms with Gasteiger partial charge in [0.2, 0.25) is 0 Å². The van der Waals surface area contributed by atoms with E-state index in [1.54, 1.807) is 0 Å². The number of hydrogen-bond donors (Lipinski definition) is 0. The van der Waals surface area contributed by atoms with Crippen LogP contribution in [0.15, 0.2) is 0 Å². The molecule has 10 heavy (non-hydrogen) atoms. The Bertz CT molecular complexity index is 50.7. The predicted molar refractivity (Wildman–Crippen MR) is 52.1 cm³/mol. The molecule has 0 bridgehead atoms. The monoisotopic (exact) mass is 250 g/mol. The Morgan fingerprint density at radius 2 is 1.60 bits per heavy atom. The molecule has 0 aliphatic heterocycles. The fraction of sp³-hybridized carbons (Fsp3) is 1.00. The zero-order valence-electron chi connectivity index (χ0n) is 7.82. The minimum atomic E-state index is 0. The predicted octanol–water partition coefficient (Wildman–Crippen LogP) is 2.70. The third kappa shape index (κ3) is 11.6. The van der Waals surface area contributed by atoms with Gasteiger partial charge < -0.3 is 0 Å². The molecule has 0 amide bonds. The van der Waals surface area contributed by atoms with E-state index in [2.05, 4.69) is 20.8 Å². The molecule has 0 atom stereocenters. The Morgan fingerprint density at radius 1 is 1.00 bits per heavy atom. The van der Waals surface area contributed by atoms with Crippen LogP contribution in [0.25, 0.3) is 0 Å². The molecule has 0 spiro atoms. The summed E-state index contributed by atoms with van der Waals surface area (Å²) in [7, 11) is 0. The zero-order valence-corrected chi connectivity index (χ0v) is 11.9. The molecule has 0 unspecified atom stereocenters. The van der Waals surface area contributed by atoms with Crippen molar-refractivity contribution in [3.8, 4) is 0 Å². The van der Waals surface area contributed by atoms with Gasteiger partial charge >= 0.3 is 23.9 Å². The van der Waals surface area contributed by atoms with Gasteiger partial charge in [0.1, 0.15) is 0 Å². The molecule has 0 aliphatic carbocycles. The number of rotatable bonds is 5. The van der Waals surface area contributed by atoms with Crippen molar-refractivity contribution >= 4 is 23.9 Å². The quantitative estimate of drug-likeness (QED) is 0.519. The van der Waals surface area contributed by atoms with Crippen LogP contribution in [0.5, 0.6) is 0 Å². The molecule has 62 valence electrons.